The highest BCUT2D eigenvalue weighted by Crippen LogP contribution is 2.35. The summed E-state index contributed by atoms with van der Waals surface area (Å²) in [5.74, 6) is 2.95. The monoisotopic (exact) mass is 499 g/mol. The normalized spacial score (nSPS) is 15.2. The average molecular weight is 500 g/mol. The number of fused-ring (bicyclic) bond motifs is 2. The molecule has 1 unspecified atom stereocenters. The molecule has 0 amide bonds. The van der Waals surface area contributed by atoms with E-state index in [1.165, 1.54) is 15.9 Å². The number of rotatable bonds is 6. The molecule has 3 heterocycles. The maximum absolute atomic E-state index is 13.0. The fourth-order valence-electron chi connectivity index (χ4n) is 3.91. The number of nitrogens with zero attached hydrogens (tertiary/aromatic N) is 3. The van der Waals surface area contributed by atoms with Crippen LogP contribution in [0.5, 0.6) is 23.0 Å². The Hall–Kier alpha value is -4.37. The first-order valence-electron chi connectivity index (χ1n) is 11.3. The largest absolute Gasteiger partial charge is 0.493 e. The van der Waals surface area contributed by atoms with Crippen LogP contribution in [0.3, 0.4) is 0 Å². The Morgan fingerprint density at radius 2 is 1.86 bits per heavy atom. The summed E-state index contributed by atoms with van der Waals surface area (Å²) in [6.07, 6.45) is 1.31. The van der Waals surface area contributed by atoms with E-state index in [2.05, 4.69) is 10.1 Å². The smallest absolute Gasteiger partial charge is 0.291 e. The van der Waals surface area contributed by atoms with Crippen LogP contribution in [0, 0.1) is 0 Å². The van der Waals surface area contributed by atoms with Gasteiger partial charge in [-0.3, -0.25) is 4.79 Å². The Morgan fingerprint density at radius 1 is 1.06 bits per heavy atom. The second-order valence-electron chi connectivity index (χ2n) is 8.13. The van der Waals surface area contributed by atoms with Gasteiger partial charge in [-0.15, -0.1) is 5.10 Å². The standard InChI is InChI=1S/C27H21N3O5S/c1-32-22-13-18(11-12-20(22)33-15-17-7-3-2-4-8-17)14-24-26(31)30-27(36-24)28-25(29-30)23-16-34-19-9-5-6-10-21(19)35-23/h2-14,23H,15-16H2,1H3/b24-14-. The van der Waals surface area contributed by atoms with E-state index in [1.54, 1.807) is 13.2 Å². The van der Waals surface area contributed by atoms with E-state index in [0.717, 1.165) is 11.1 Å². The molecule has 0 bridgehead atoms. The molecule has 0 spiro atoms. The average Bonchev–Trinajstić information content (AvgIpc) is 3.47. The molecule has 0 saturated carbocycles. The minimum absolute atomic E-state index is 0.241. The number of benzene rings is 3. The van der Waals surface area contributed by atoms with Crippen molar-refractivity contribution < 1.29 is 18.9 Å². The summed E-state index contributed by atoms with van der Waals surface area (Å²) < 4.78 is 25.0. The first-order valence-corrected chi connectivity index (χ1v) is 12.1. The van der Waals surface area contributed by atoms with Gasteiger partial charge < -0.3 is 18.9 Å². The molecule has 0 saturated heterocycles. The second-order valence-corrected chi connectivity index (χ2v) is 9.14. The summed E-state index contributed by atoms with van der Waals surface area (Å²) >= 11 is 1.27. The molecule has 6 rings (SSSR count). The van der Waals surface area contributed by atoms with Crippen LogP contribution in [0.2, 0.25) is 0 Å². The second kappa shape index (κ2) is 9.35. The molecule has 180 valence electrons. The van der Waals surface area contributed by atoms with E-state index in [1.807, 2.05) is 72.8 Å². The number of thiazole rings is 1. The highest BCUT2D eigenvalue weighted by atomic mass is 32.1. The Morgan fingerprint density at radius 3 is 2.67 bits per heavy atom. The number of hydrogen-bond acceptors (Lipinski definition) is 8. The summed E-state index contributed by atoms with van der Waals surface area (Å²) in [5.41, 5.74) is 1.63. The highest BCUT2D eigenvalue weighted by Gasteiger charge is 2.27. The molecule has 1 atom stereocenters. The predicted octanol–water partition coefficient (Wildman–Crippen LogP) is 3.80. The minimum atomic E-state index is -0.480. The zero-order chi connectivity index (χ0) is 24.5. The van der Waals surface area contributed by atoms with Gasteiger partial charge in [-0.05, 0) is 41.5 Å². The molecule has 0 N–H and O–H groups in total. The lowest BCUT2D eigenvalue weighted by molar-refractivity contribution is 0.0852. The molecule has 0 aliphatic carbocycles. The van der Waals surface area contributed by atoms with Crippen molar-refractivity contribution >= 4 is 22.4 Å². The van der Waals surface area contributed by atoms with Gasteiger partial charge in [0.2, 0.25) is 4.96 Å². The number of para-hydroxylation sites is 2. The van der Waals surface area contributed by atoms with Gasteiger partial charge in [0.25, 0.3) is 5.56 Å². The zero-order valence-corrected chi connectivity index (χ0v) is 20.1. The Bertz CT molecular complexity index is 1650. The summed E-state index contributed by atoms with van der Waals surface area (Å²) in [6.45, 7) is 0.711. The van der Waals surface area contributed by atoms with Crippen LogP contribution in [0.4, 0.5) is 0 Å². The highest BCUT2D eigenvalue weighted by molar-refractivity contribution is 7.15. The van der Waals surface area contributed by atoms with Crippen molar-refractivity contribution in [1.29, 1.82) is 0 Å². The summed E-state index contributed by atoms with van der Waals surface area (Å²) in [7, 11) is 1.59. The van der Waals surface area contributed by atoms with Crippen molar-refractivity contribution in [1.82, 2.24) is 14.6 Å². The van der Waals surface area contributed by atoms with E-state index in [4.69, 9.17) is 18.9 Å². The van der Waals surface area contributed by atoms with Crippen molar-refractivity contribution in [3.8, 4) is 23.0 Å². The molecule has 3 aromatic carbocycles. The molecule has 1 aliphatic heterocycles. The van der Waals surface area contributed by atoms with E-state index in [0.29, 0.717) is 44.9 Å². The summed E-state index contributed by atoms with van der Waals surface area (Å²) in [4.78, 5) is 18.1. The molecule has 2 aromatic heterocycles. The van der Waals surface area contributed by atoms with Gasteiger partial charge >= 0.3 is 0 Å². The van der Waals surface area contributed by atoms with Crippen LogP contribution in [0.25, 0.3) is 11.0 Å². The first-order chi connectivity index (χ1) is 17.7. The van der Waals surface area contributed by atoms with E-state index in [9.17, 15) is 4.79 Å². The van der Waals surface area contributed by atoms with Gasteiger partial charge in [0.15, 0.2) is 34.9 Å². The van der Waals surface area contributed by atoms with Gasteiger partial charge in [0.05, 0.1) is 11.6 Å². The molecule has 8 nitrogen and oxygen atoms in total. The van der Waals surface area contributed by atoms with Crippen molar-refractivity contribution in [3.05, 3.63) is 105 Å². The SMILES string of the molecule is COc1cc(/C=c2\sc3nc(C4COc5ccccc5O4)nn3c2=O)ccc1OCc1ccccc1. The third-order valence-electron chi connectivity index (χ3n) is 5.72. The summed E-state index contributed by atoms with van der Waals surface area (Å²) in [5, 5.41) is 4.41. The van der Waals surface area contributed by atoms with Gasteiger partial charge in [0.1, 0.15) is 13.2 Å². The van der Waals surface area contributed by atoms with Gasteiger partial charge in [-0.2, -0.15) is 9.50 Å². The lowest BCUT2D eigenvalue weighted by Gasteiger charge is -2.24. The van der Waals surface area contributed by atoms with Crippen molar-refractivity contribution in [2.24, 2.45) is 0 Å². The molecule has 0 fully saturated rings. The van der Waals surface area contributed by atoms with Gasteiger partial charge in [-0.1, -0.05) is 59.9 Å². The van der Waals surface area contributed by atoms with Crippen LogP contribution in [-0.2, 0) is 6.61 Å². The lowest BCUT2D eigenvalue weighted by Crippen LogP contribution is -2.26. The van der Waals surface area contributed by atoms with Crippen LogP contribution in [0.15, 0.2) is 77.6 Å². The van der Waals surface area contributed by atoms with Crippen LogP contribution < -0.4 is 29.0 Å². The zero-order valence-electron chi connectivity index (χ0n) is 19.3. The molecule has 0 radical (unpaired) electrons. The topological polar surface area (TPSA) is 84.2 Å². The van der Waals surface area contributed by atoms with Crippen LogP contribution >= 0.6 is 11.3 Å². The number of ether oxygens (including phenoxy) is 4. The molecular weight excluding hydrogens is 478 g/mol. The van der Waals surface area contributed by atoms with Gasteiger partial charge in [0, 0.05) is 0 Å². The maximum atomic E-state index is 13.0. The first kappa shape index (κ1) is 22.1. The van der Waals surface area contributed by atoms with E-state index < -0.39 is 6.10 Å². The van der Waals surface area contributed by atoms with Gasteiger partial charge in [-0.25, -0.2) is 0 Å². The molecule has 1 aliphatic rings. The Kier molecular flexibility index (Phi) is 5.74. The van der Waals surface area contributed by atoms with Crippen LogP contribution in [-0.4, -0.2) is 28.3 Å². The molecule has 9 heteroatoms. The fourth-order valence-corrected chi connectivity index (χ4v) is 4.83. The lowest BCUT2D eigenvalue weighted by atomic mass is 10.2. The number of aromatic nitrogens is 3. The number of hydrogen-bond donors (Lipinski definition) is 0. The van der Waals surface area contributed by atoms with E-state index >= 15 is 0 Å². The minimum Gasteiger partial charge on any atom is -0.493 e. The summed E-state index contributed by atoms with van der Waals surface area (Å²) in [6, 6.07) is 22.9. The predicted molar refractivity (Wildman–Crippen MR) is 135 cm³/mol. The Balaban J connectivity index is 1.24. The molecular formula is C27H21N3O5S. The van der Waals surface area contributed by atoms with Crippen molar-refractivity contribution in [2.45, 2.75) is 12.7 Å². The molecule has 5 aromatic rings. The van der Waals surface area contributed by atoms with Crippen molar-refractivity contribution in [2.75, 3.05) is 13.7 Å². The third kappa shape index (κ3) is 4.25. The van der Waals surface area contributed by atoms with Crippen LogP contribution in [0.1, 0.15) is 23.1 Å². The van der Waals surface area contributed by atoms with Crippen molar-refractivity contribution in [3.63, 3.8) is 0 Å². The quantitative estimate of drug-likeness (QED) is 0.351. The third-order valence-corrected chi connectivity index (χ3v) is 6.68. The molecule has 36 heavy (non-hydrogen) atoms. The number of methoxy groups -OCH3 is 1. The Labute approximate surface area is 210 Å². The van der Waals surface area contributed by atoms with E-state index in [-0.39, 0.29) is 12.2 Å². The fraction of sp³-hybridized carbons (Fsp3) is 0.148. The maximum Gasteiger partial charge on any atom is 0.291 e.